The van der Waals surface area contributed by atoms with E-state index in [4.69, 9.17) is 10.8 Å². The molecule has 0 spiro atoms. The van der Waals surface area contributed by atoms with Gasteiger partial charge in [0.2, 0.25) is 0 Å². The van der Waals surface area contributed by atoms with Crippen molar-refractivity contribution in [1.82, 2.24) is 25.2 Å². The molecule has 1 amide bonds. The summed E-state index contributed by atoms with van der Waals surface area (Å²) in [4.78, 5) is 27.8. The van der Waals surface area contributed by atoms with Gasteiger partial charge in [0.15, 0.2) is 11.5 Å². The van der Waals surface area contributed by atoms with E-state index in [1.807, 2.05) is 24.3 Å². The number of carbonyl (C=O) groups excluding carboxylic acids is 1. The van der Waals surface area contributed by atoms with Gasteiger partial charge in [-0.25, -0.2) is 15.0 Å². The topological polar surface area (TPSA) is 129 Å². The summed E-state index contributed by atoms with van der Waals surface area (Å²) in [5, 5.41) is 17.2. The van der Waals surface area contributed by atoms with Crippen molar-refractivity contribution < 1.29 is 9.90 Å². The molecule has 32 heavy (non-hydrogen) atoms. The van der Waals surface area contributed by atoms with E-state index in [2.05, 4.69) is 30.5 Å². The number of amides is 1. The molecule has 1 aromatic carbocycles. The molecule has 0 radical (unpaired) electrons. The van der Waals surface area contributed by atoms with Crippen LogP contribution in [0, 0.1) is 5.92 Å². The molecule has 4 rings (SSSR count). The highest BCUT2D eigenvalue weighted by Gasteiger charge is 2.20. The number of hydrogen-bond donors (Lipinski definition) is 4. The van der Waals surface area contributed by atoms with Gasteiger partial charge >= 0.3 is 0 Å². The van der Waals surface area contributed by atoms with Crippen LogP contribution in [0.1, 0.15) is 28.9 Å². The van der Waals surface area contributed by atoms with E-state index in [1.54, 1.807) is 12.4 Å². The second kappa shape index (κ2) is 10.3. The van der Waals surface area contributed by atoms with Gasteiger partial charge in [0.1, 0.15) is 5.82 Å². The molecule has 0 unspecified atom stereocenters. The van der Waals surface area contributed by atoms with Crippen LogP contribution in [0.4, 0.5) is 11.6 Å². The van der Waals surface area contributed by atoms with Gasteiger partial charge in [0.05, 0.1) is 6.61 Å². The third-order valence-electron chi connectivity index (χ3n) is 5.91. The van der Waals surface area contributed by atoms with Crippen molar-refractivity contribution in [2.24, 2.45) is 5.92 Å². The largest absolute Gasteiger partial charge is 0.395 e. The maximum Gasteiger partial charge on any atom is 0.273 e. The number of aromatic nitrogens is 3. The van der Waals surface area contributed by atoms with Crippen molar-refractivity contribution in [2.75, 3.05) is 43.8 Å². The Morgan fingerprint density at radius 2 is 1.94 bits per heavy atom. The van der Waals surface area contributed by atoms with Gasteiger partial charge < -0.3 is 26.4 Å². The summed E-state index contributed by atoms with van der Waals surface area (Å²) in [5.74, 6) is 1.22. The van der Waals surface area contributed by atoms with E-state index < -0.39 is 0 Å². The van der Waals surface area contributed by atoms with Gasteiger partial charge in [0, 0.05) is 43.6 Å². The lowest BCUT2D eigenvalue weighted by molar-refractivity contribution is 0.0946. The van der Waals surface area contributed by atoms with Crippen LogP contribution in [-0.2, 0) is 6.54 Å². The Labute approximate surface area is 187 Å². The fraction of sp³-hybridized carbons (Fsp3) is 0.391. The number of nitrogens with zero attached hydrogens (tertiary/aromatic N) is 4. The molecule has 2 aromatic heterocycles. The minimum Gasteiger partial charge on any atom is -0.395 e. The summed E-state index contributed by atoms with van der Waals surface area (Å²) >= 11 is 0. The average Bonchev–Trinajstić information content (AvgIpc) is 2.82. The third-order valence-corrected chi connectivity index (χ3v) is 5.91. The zero-order valence-electron chi connectivity index (χ0n) is 18.0. The molecule has 9 heteroatoms. The first-order chi connectivity index (χ1) is 15.6. The summed E-state index contributed by atoms with van der Waals surface area (Å²) in [5.41, 5.74) is 7.16. The molecule has 168 valence electrons. The molecule has 1 saturated heterocycles. The number of hydrogen-bond acceptors (Lipinski definition) is 8. The summed E-state index contributed by atoms with van der Waals surface area (Å²) in [6.45, 7) is 4.01. The number of carbonyl (C=O) groups is 1. The summed E-state index contributed by atoms with van der Waals surface area (Å²) in [6.07, 6.45) is 6.89. The smallest absolute Gasteiger partial charge is 0.273 e. The van der Waals surface area contributed by atoms with Gasteiger partial charge in [-0.2, -0.15) is 0 Å². The second-order valence-corrected chi connectivity index (χ2v) is 8.08. The number of likely N-dealkylation sites (tertiary alicyclic amines) is 1. The Bertz CT molecular complexity index is 1070. The molecule has 0 atom stereocenters. The number of pyridine rings is 1. The normalized spacial score (nSPS) is 15.0. The van der Waals surface area contributed by atoms with Crippen LogP contribution in [0.3, 0.4) is 0 Å². The lowest BCUT2D eigenvalue weighted by atomic mass is 9.97. The molecule has 1 fully saturated rings. The number of benzene rings is 1. The fourth-order valence-electron chi connectivity index (χ4n) is 4.06. The molecule has 1 aliphatic rings. The van der Waals surface area contributed by atoms with Crippen LogP contribution in [0.2, 0.25) is 0 Å². The molecule has 0 saturated carbocycles. The number of fused-ring (bicyclic) bond motifs is 1. The molecule has 3 heterocycles. The molecule has 1 aliphatic heterocycles. The quantitative estimate of drug-likeness (QED) is 0.420. The van der Waals surface area contributed by atoms with Gasteiger partial charge in [-0.3, -0.25) is 4.79 Å². The Hall–Kier alpha value is -3.30. The number of anilines is 2. The molecule has 3 aromatic rings. The van der Waals surface area contributed by atoms with E-state index in [0.29, 0.717) is 29.8 Å². The number of piperidine rings is 1. The van der Waals surface area contributed by atoms with Crippen LogP contribution in [-0.4, -0.2) is 63.7 Å². The predicted octanol–water partition coefficient (Wildman–Crippen LogP) is 1.65. The van der Waals surface area contributed by atoms with Crippen LogP contribution in [0.15, 0.2) is 42.9 Å². The van der Waals surface area contributed by atoms with Crippen LogP contribution in [0.5, 0.6) is 0 Å². The molecule has 0 aliphatic carbocycles. The van der Waals surface area contributed by atoms with Crippen molar-refractivity contribution >= 4 is 28.3 Å². The van der Waals surface area contributed by atoms with Crippen molar-refractivity contribution in [3.8, 4) is 0 Å². The Kier molecular flexibility index (Phi) is 7.08. The Balaban J connectivity index is 1.34. The first-order valence-corrected chi connectivity index (χ1v) is 10.9. The predicted molar refractivity (Wildman–Crippen MR) is 124 cm³/mol. The number of aliphatic hydroxyl groups is 1. The van der Waals surface area contributed by atoms with Crippen molar-refractivity contribution in [3.63, 3.8) is 0 Å². The standard InChI is InChI=1S/C23H29N7O2/c24-21-19-2-1-17(13-18(19)3-6-26-21)15-29-23(32)20-22(27-8-7-25-20)28-14-16-4-9-30(10-5-16)11-12-31/h1-3,6-8,13,16,31H,4-5,9-12,14-15H2,(H2,24,26)(H,27,28)(H,29,32). The lowest BCUT2D eigenvalue weighted by Gasteiger charge is -2.31. The minimum atomic E-state index is -0.271. The number of β-amino-alcohol motifs (C(OH)–C–C–N with tert-alkyl or cyclic N) is 1. The van der Waals surface area contributed by atoms with E-state index in [1.165, 1.54) is 6.20 Å². The van der Waals surface area contributed by atoms with Gasteiger partial charge in [0.25, 0.3) is 5.91 Å². The zero-order chi connectivity index (χ0) is 22.3. The maximum absolute atomic E-state index is 12.8. The van der Waals surface area contributed by atoms with E-state index in [0.717, 1.165) is 55.4 Å². The minimum absolute atomic E-state index is 0.200. The molecule has 0 bridgehead atoms. The average molecular weight is 436 g/mol. The van der Waals surface area contributed by atoms with Crippen molar-refractivity contribution in [2.45, 2.75) is 19.4 Å². The highest BCUT2D eigenvalue weighted by atomic mass is 16.3. The highest BCUT2D eigenvalue weighted by Crippen LogP contribution is 2.21. The van der Waals surface area contributed by atoms with E-state index in [-0.39, 0.29) is 12.5 Å². The van der Waals surface area contributed by atoms with E-state index >= 15 is 0 Å². The monoisotopic (exact) mass is 435 g/mol. The van der Waals surface area contributed by atoms with Gasteiger partial charge in [-0.15, -0.1) is 0 Å². The van der Waals surface area contributed by atoms with E-state index in [9.17, 15) is 4.79 Å². The fourth-order valence-corrected chi connectivity index (χ4v) is 4.06. The number of nitrogen functional groups attached to an aromatic ring is 1. The van der Waals surface area contributed by atoms with Crippen LogP contribution < -0.4 is 16.4 Å². The highest BCUT2D eigenvalue weighted by molar-refractivity contribution is 5.96. The maximum atomic E-state index is 12.8. The summed E-state index contributed by atoms with van der Waals surface area (Å²) in [6, 6.07) is 7.74. The first kappa shape index (κ1) is 21.9. The second-order valence-electron chi connectivity index (χ2n) is 8.08. The number of rotatable bonds is 8. The number of aliphatic hydroxyl groups excluding tert-OH is 1. The van der Waals surface area contributed by atoms with Crippen LogP contribution >= 0.6 is 0 Å². The third kappa shape index (κ3) is 5.30. The van der Waals surface area contributed by atoms with Crippen molar-refractivity contribution in [3.05, 3.63) is 54.1 Å². The molecule has 5 N–H and O–H groups in total. The van der Waals surface area contributed by atoms with Crippen molar-refractivity contribution in [1.29, 1.82) is 0 Å². The Morgan fingerprint density at radius 3 is 2.75 bits per heavy atom. The van der Waals surface area contributed by atoms with Crippen LogP contribution in [0.25, 0.3) is 10.8 Å². The van der Waals surface area contributed by atoms with Gasteiger partial charge in [-0.1, -0.05) is 12.1 Å². The molecule has 9 nitrogen and oxygen atoms in total. The number of nitrogens with two attached hydrogens (primary N) is 1. The lowest BCUT2D eigenvalue weighted by Crippen LogP contribution is -2.37. The van der Waals surface area contributed by atoms with Gasteiger partial charge in [-0.05, 0) is 54.9 Å². The first-order valence-electron chi connectivity index (χ1n) is 10.9. The molecular formula is C23H29N7O2. The Morgan fingerprint density at radius 1 is 1.12 bits per heavy atom. The summed E-state index contributed by atoms with van der Waals surface area (Å²) < 4.78 is 0. The zero-order valence-corrected chi connectivity index (χ0v) is 18.0. The SMILES string of the molecule is Nc1nccc2cc(CNC(=O)c3nccnc3NCC3CCN(CCO)CC3)ccc12. The number of nitrogens with one attached hydrogen (secondary N) is 2. The molecular weight excluding hydrogens is 406 g/mol. The summed E-state index contributed by atoms with van der Waals surface area (Å²) in [7, 11) is 0.